The van der Waals surface area contributed by atoms with Gasteiger partial charge in [0.25, 0.3) is 5.91 Å². The summed E-state index contributed by atoms with van der Waals surface area (Å²) in [5.41, 5.74) is 3.38. The summed E-state index contributed by atoms with van der Waals surface area (Å²) in [7, 11) is 0. The molecule has 0 aliphatic heterocycles. The van der Waals surface area contributed by atoms with Crippen LogP contribution in [0.2, 0.25) is 0 Å². The molecule has 0 fully saturated rings. The zero-order chi connectivity index (χ0) is 19.0. The van der Waals surface area contributed by atoms with Crippen LogP contribution in [0.1, 0.15) is 27.3 Å². The number of nitrogens with zero attached hydrogens (tertiary/aromatic N) is 5. The molecule has 1 aromatic carbocycles. The van der Waals surface area contributed by atoms with Crippen LogP contribution in [0.3, 0.4) is 0 Å². The standard InChI is InChI=1S/C19H17FN6O/c1-12-8-13(2)26-18(22-12)16(10-21-26)19(27)23-17-6-7-25(24-17)11-14-4-3-5-15(20)9-14/h3-10H,11H2,1-2H3,(H,23,24,27). The van der Waals surface area contributed by atoms with Gasteiger partial charge in [-0.1, -0.05) is 12.1 Å². The molecule has 7 nitrogen and oxygen atoms in total. The minimum absolute atomic E-state index is 0.292. The van der Waals surface area contributed by atoms with E-state index in [4.69, 9.17) is 0 Å². The molecule has 0 aliphatic carbocycles. The first-order valence-corrected chi connectivity index (χ1v) is 8.41. The van der Waals surface area contributed by atoms with Crippen molar-refractivity contribution in [2.75, 3.05) is 5.32 Å². The van der Waals surface area contributed by atoms with E-state index in [2.05, 4.69) is 20.5 Å². The van der Waals surface area contributed by atoms with Crippen molar-refractivity contribution < 1.29 is 9.18 Å². The predicted octanol–water partition coefficient (Wildman–Crippen LogP) is 2.98. The van der Waals surface area contributed by atoms with Gasteiger partial charge in [-0.05, 0) is 37.6 Å². The second-order valence-electron chi connectivity index (χ2n) is 6.32. The molecule has 8 heteroatoms. The molecule has 4 rings (SSSR count). The summed E-state index contributed by atoms with van der Waals surface area (Å²) >= 11 is 0. The molecule has 0 radical (unpaired) electrons. The average Bonchev–Trinajstić information content (AvgIpc) is 3.22. The van der Waals surface area contributed by atoms with Crippen LogP contribution in [0.5, 0.6) is 0 Å². The molecule has 0 saturated carbocycles. The Bertz CT molecular complexity index is 1150. The van der Waals surface area contributed by atoms with Crippen molar-refractivity contribution in [2.24, 2.45) is 0 Å². The quantitative estimate of drug-likeness (QED) is 0.604. The van der Waals surface area contributed by atoms with Crippen molar-refractivity contribution in [3.8, 4) is 0 Å². The summed E-state index contributed by atoms with van der Waals surface area (Å²) in [6.45, 7) is 4.19. The molecule has 1 N–H and O–H groups in total. The van der Waals surface area contributed by atoms with Crippen molar-refractivity contribution in [3.63, 3.8) is 0 Å². The highest BCUT2D eigenvalue weighted by Gasteiger charge is 2.16. The fourth-order valence-corrected chi connectivity index (χ4v) is 2.95. The molecule has 0 saturated heterocycles. The Hall–Kier alpha value is -3.55. The van der Waals surface area contributed by atoms with Crippen molar-refractivity contribution in [1.82, 2.24) is 24.4 Å². The van der Waals surface area contributed by atoms with E-state index in [0.717, 1.165) is 17.0 Å². The third-order valence-corrected chi connectivity index (χ3v) is 4.14. The van der Waals surface area contributed by atoms with Gasteiger partial charge in [0.15, 0.2) is 11.5 Å². The monoisotopic (exact) mass is 364 g/mol. The van der Waals surface area contributed by atoms with Crippen LogP contribution in [-0.2, 0) is 6.54 Å². The van der Waals surface area contributed by atoms with E-state index in [-0.39, 0.29) is 11.7 Å². The van der Waals surface area contributed by atoms with Gasteiger partial charge in [0, 0.05) is 23.7 Å². The van der Waals surface area contributed by atoms with Crippen LogP contribution >= 0.6 is 0 Å². The van der Waals surface area contributed by atoms with Gasteiger partial charge in [0.2, 0.25) is 0 Å². The number of fused-ring (bicyclic) bond motifs is 1. The van der Waals surface area contributed by atoms with Gasteiger partial charge in [-0.25, -0.2) is 13.9 Å². The van der Waals surface area contributed by atoms with Crippen molar-refractivity contribution >= 4 is 17.4 Å². The molecule has 136 valence electrons. The van der Waals surface area contributed by atoms with Gasteiger partial charge in [-0.3, -0.25) is 9.48 Å². The lowest BCUT2D eigenvalue weighted by Crippen LogP contribution is -2.13. The van der Waals surface area contributed by atoms with E-state index < -0.39 is 0 Å². The maximum atomic E-state index is 13.3. The summed E-state index contributed by atoms with van der Waals surface area (Å²) in [6, 6.07) is 9.90. The number of carbonyl (C=O) groups excluding carboxylic acids is 1. The lowest BCUT2D eigenvalue weighted by atomic mass is 10.2. The maximum absolute atomic E-state index is 13.3. The van der Waals surface area contributed by atoms with Gasteiger partial charge in [0.05, 0.1) is 12.7 Å². The van der Waals surface area contributed by atoms with Gasteiger partial charge in [-0.2, -0.15) is 10.2 Å². The van der Waals surface area contributed by atoms with Crippen molar-refractivity contribution in [3.05, 3.63) is 77.1 Å². The van der Waals surface area contributed by atoms with E-state index in [9.17, 15) is 9.18 Å². The maximum Gasteiger partial charge on any atom is 0.262 e. The summed E-state index contributed by atoms with van der Waals surface area (Å²) in [4.78, 5) is 17.0. The first-order valence-electron chi connectivity index (χ1n) is 8.41. The summed E-state index contributed by atoms with van der Waals surface area (Å²) < 4.78 is 16.5. The molecule has 3 aromatic heterocycles. The van der Waals surface area contributed by atoms with E-state index in [0.29, 0.717) is 23.6 Å². The number of anilines is 1. The van der Waals surface area contributed by atoms with Gasteiger partial charge in [-0.15, -0.1) is 0 Å². The molecule has 27 heavy (non-hydrogen) atoms. The zero-order valence-corrected chi connectivity index (χ0v) is 14.8. The molecule has 0 unspecified atom stereocenters. The topological polar surface area (TPSA) is 77.1 Å². The second-order valence-corrected chi connectivity index (χ2v) is 6.32. The minimum atomic E-state index is -0.335. The highest BCUT2D eigenvalue weighted by Crippen LogP contribution is 2.14. The number of benzene rings is 1. The van der Waals surface area contributed by atoms with Crippen LogP contribution in [0, 0.1) is 19.7 Å². The summed E-state index contributed by atoms with van der Waals surface area (Å²) in [6.07, 6.45) is 3.22. The van der Waals surface area contributed by atoms with Crippen LogP contribution < -0.4 is 5.32 Å². The number of hydrogen-bond donors (Lipinski definition) is 1. The number of carbonyl (C=O) groups is 1. The minimum Gasteiger partial charge on any atom is -0.305 e. The third kappa shape index (κ3) is 3.41. The van der Waals surface area contributed by atoms with Gasteiger partial charge < -0.3 is 5.32 Å². The molecule has 3 heterocycles. The van der Waals surface area contributed by atoms with Crippen molar-refractivity contribution in [1.29, 1.82) is 0 Å². The van der Waals surface area contributed by atoms with E-state index >= 15 is 0 Å². The Morgan fingerprint density at radius 2 is 2.07 bits per heavy atom. The number of aromatic nitrogens is 5. The Balaban J connectivity index is 1.53. The smallest absolute Gasteiger partial charge is 0.262 e. The molecular formula is C19H17FN6O. The highest BCUT2D eigenvalue weighted by atomic mass is 19.1. The lowest BCUT2D eigenvalue weighted by molar-refractivity contribution is 0.102. The van der Waals surface area contributed by atoms with E-state index in [1.807, 2.05) is 26.0 Å². The fraction of sp³-hybridized carbons (Fsp3) is 0.158. The zero-order valence-electron chi connectivity index (χ0n) is 14.8. The number of hydrogen-bond acceptors (Lipinski definition) is 4. The summed E-state index contributed by atoms with van der Waals surface area (Å²) in [5, 5.41) is 11.3. The predicted molar refractivity (Wildman–Crippen MR) is 98.1 cm³/mol. The van der Waals surface area contributed by atoms with Crippen LogP contribution in [0.15, 0.2) is 48.8 Å². The fourth-order valence-electron chi connectivity index (χ4n) is 2.95. The molecule has 0 atom stereocenters. The first kappa shape index (κ1) is 16.9. The van der Waals surface area contributed by atoms with E-state index in [1.165, 1.54) is 18.3 Å². The first-order chi connectivity index (χ1) is 13.0. The molecule has 0 bridgehead atoms. The number of amides is 1. The van der Waals surface area contributed by atoms with Gasteiger partial charge in [0.1, 0.15) is 11.4 Å². The SMILES string of the molecule is Cc1cc(C)n2ncc(C(=O)Nc3ccn(Cc4cccc(F)c4)n3)c2n1. The molecule has 0 aliphatic rings. The van der Waals surface area contributed by atoms with Crippen LogP contribution in [0.25, 0.3) is 5.65 Å². The average molecular weight is 364 g/mol. The molecular weight excluding hydrogens is 347 g/mol. The second kappa shape index (κ2) is 6.64. The number of nitrogens with one attached hydrogen (secondary N) is 1. The number of rotatable bonds is 4. The third-order valence-electron chi connectivity index (χ3n) is 4.14. The highest BCUT2D eigenvalue weighted by molar-refractivity contribution is 6.07. The van der Waals surface area contributed by atoms with Crippen LogP contribution in [0.4, 0.5) is 10.2 Å². The molecule has 1 amide bonds. The Labute approximate surface area is 154 Å². The normalized spacial score (nSPS) is 11.1. The number of halogens is 1. The summed E-state index contributed by atoms with van der Waals surface area (Å²) in [5.74, 6) is -0.224. The van der Waals surface area contributed by atoms with Crippen LogP contribution in [-0.4, -0.2) is 30.3 Å². The molecule has 0 spiro atoms. The van der Waals surface area contributed by atoms with Crippen molar-refractivity contribution in [2.45, 2.75) is 20.4 Å². The lowest BCUT2D eigenvalue weighted by Gasteiger charge is -2.04. The Morgan fingerprint density at radius 3 is 2.89 bits per heavy atom. The Morgan fingerprint density at radius 1 is 1.22 bits per heavy atom. The van der Waals surface area contributed by atoms with E-state index in [1.54, 1.807) is 27.5 Å². The number of aryl methyl sites for hydroxylation is 2. The Kier molecular flexibility index (Phi) is 4.15. The molecule has 4 aromatic rings. The van der Waals surface area contributed by atoms with Gasteiger partial charge >= 0.3 is 0 Å². The largest absolute Gasteiger partial charge is 0.305 e.